The zero-order valence-electron chi connectivity index (χ0n) is 11.3. The average molecular weight is 275 g/mol. The first kappa shape index (κ1) is 13.5. The van der Waals surface area contributed by atoms with Crippen molar-refractivity contribution >= 4 is 17.2 Å². The maximum Gasteiger partial charge on any atom is 0.140 e. The van der Waals surface area contributed by atoms with Crippen molar-refractivity contribution in [3.8, 4) is 5.75 Å². The van der Waals surface area contributed by atoms with Crippen LogP contribution in [-0.4, -0.2) is 10.8 Å². The molecule has 4 nitrogen and oxygen atoms in total. The van der Waals surface area contributed by atoms with Crippen LogP contribution >= 0.6 is 11.3 Å². The van der Waals surface area contributed by atoms with E-state index < -0.39 is 0 Å². The van der Waals surface area contributed by atoms with Gasteiger partial charge in [0.2, 0.25) is 0 Å². The van der Waals surface area contributed by atoms with Crippen LogP contribution in [0, 0.1) is 26.2 Å². The van der Waals surface area contributed by atoms with Gasteiger partial charge in [0.25, 0.3) is 0 Å². The van der Waals surface area contributed by atoms with E-state index in [0.29, 0.717) is 12.2 Å². The summed E-state index contributed by atoms with van der Waals surface area (Å²) in [6.07, 6.45) is 0. The van der Waals surface area contributed by atoms with Gasteiger partial charge >= 0.3 is 0 Å². The number of nitrogens with two attached hydrogens (primary N) is 1. The molecule has 0 bridgehead atoms. The summed E-state index contributed by atoms with van der Waals surface area (Å²) in [5.74, 6) is 0.795. The van der Waals surface area contributed by atoms with Crippen molar-refractivity contribution in [3.05, 3.63) is 44.9 Å². The predicted octanol–water partition coefficient (Wildman–Crippen LogP) is 2.93. The molecule has 0 radical (unpaired) electrons. The molecule has 19 heavy (non-hydrogen) atoms. The molecule has 0 atom stereocenters. The monoisotopic (exact) mass is 275 g/mol. The molecule has 0 aliphatic rings. The van der Waals surface area contributed by atoms with Gasteiger partial charge < -0.3 is 10.5 Å². The summed E-state index contributed by atoms with van der Waals surface area (Å²) in [6, 6.07) is 5.53. The maximum absolute atomic E-state index is 7.44. The van der Waals surface area contributed by atoms with Crippen molar-refractivity contribution in [3.63, 3.8) is 0 Å². The van der Waals surface area contributed by atoms with Crippen molar-refractivity contribution in [1.82, 2.24) is 4.98 Å². The van der Waals surface area contributed by atoms with Crippen molar-refractivity contribution in [2.45, 2.75) is 27.4 Å². The molecular formula is C14H17N3OS. The minimum absolute atomic E-state index is 0.0470. The molecular weight excluding hydrogens is 258 g/mol. The molecule has 1 aromatic heterocycles. The van der Waals surface area contributed by atoms with Gasteiger partial charge in [0.15, 0.2) is 0 Å². The second-order valence-electron chi connectivity index (χ2n) is 4.43. The number of nitrogens with zero attached hydrogens (tertiary/aromatic N) is 1. The number of amidine groups is 1. The molecule has 0 spiro atoms. The molecule has 0 unspecified atom stereocenters. The smallest absolute Gasteiger partial charge is 0.140 e. The van der Waals surface area contributed by atoms with Crippen LogP contribution < -0.4 is 10.5 Å². The Bertz CT molecular complexity index is 600. The third kappa shape index (κ3) is 3.12. The van der Waals surface area contributed by atoms with E-state index in [4.69, 9.17) is 15.9 Å². The van der Waals surface area contributed by atoms with Gasteiger partial charge in [-0.3, -0.25) is 5.41 Å². The standard InChI is InChI=1S/C14H17N3OS/c1-8-4-5-11(14(15)16)6-12(8)18-7-13-17-9(2)10(3)19-13/h4-6H,7H2,1-3H3,(H3,15,16). The SMILES string of the molecule is Cc1ccc(C(=N)N)cc1OCc1nc(C)c(C)s1. The van der Waals surface area contributed by atoms with Crippen molar-refractivity contribution in [2.24, 2.45) is 5.73 Å². The van der Waals surface area contributed by atoms with Crippen LogP contribution in [0.1, 0.15) is 26.7 Å². The summed E-state index contributed by atoms with van der Waals surface area (Å²) < 4.78 is 5.78. The number of nitrogen functional groups attached to an aromatic ring is 1. The van der Waals surface area contributed by atoms with Gasteiger partial charge in [-0.25, -0.2) is 4.98 Å². The fourth-order valence-electron chi connectivity index (χ4n) is 1.66. The van der Waals surface area contributed by atoms with Crippen LogP contribution in [0.3, 0.4) is 0 Å². The lowest BCUT2D eigenvalue weighted by Gasteiger charge is -2.09. The van der Waals surface area contributed by atoms with Crippen molar-refractivity contribution in [1.29, 1.82) is 5.41 Å². The second-order valence-corrected chi connectivity index (χ2v) is 5.72. The van der Waals surface area contributed by atoms with E-state index in [1.165, 1.54) is 4.88 Å². The van der Waals surface area contributed by atoms with E-state index in [2.05, 4.69) is 11.9 Å². The molecule has 1 heterocycles. The summed E-state index contributed by atoms with van der Waals surface area (Å²) >= 11 is 1.65. The highest BCUT2D eigenvalue weighted by atomic mass is 32.1. The van der Waals surface area contributed by atoms with Gasteiger partial charge in [0, 0.05) is 10.4 Å². The fourth-order valence-corrected chi connectivity index (χ4v) is 2.51. The van der Waals surface area contributed by atoms with Crippen LogP contribution in [0.2, 0.25) is 0 Å². The number of hydrogen-bond acceptors (Lipinski definition) is 4. The van der Waals surface area contributed by atoms with Gasteiger partial charge in [-0.1, -0.05) is 12.1 Å². The predicted molar refractivity (Wildman–Crippen MR) is 78.1 cm³/mol. The Morgan fingerprint density at radius 3 is 2.68 bits per heavy atom. The number of aromatic nitrogens is 1. The van der Waals surface area contributed by atoms with Gasteiger partial charge in [0.1, 0.15) is 23.2 Å². The highest BCUT2D eigenvalue weighted by Crippen LogP contribution is 2.22. The zero-order valence-corrected chi connectivity index (χ0v) is 12.1. The molecule has 100 valence electrons. The largest absolute Gasteiger partial charge is 0.486 e. The second kappa shape index (κ2) is 5.40. The first-order chi connectivity index (χ1) is 8.97. The van der Waals surface area contributed by atoms with E-state index in [9.17, 15) is 0 Å². The molecule has 0 saturated heterocycles. The molecule has 0 aliphatic heterocycles. The number of nitrogens with one attached hydrogen (secondary N) is 1. The van der Waals surface area contributed by atoms with Gasteiger partial charge in [-0.15, -0.1) is 11.3 Å². The number of benzene rings is 1. The molecule has 5 heteroatoms. The number of thiazole rings is 1. The number of rotatable bonds is 4. The van der Waals surface area contributed by atoms with Gasteiger partial charge in [-0.05, 0) is 32.4 Å². The summed E-state index contributed by atoms with van der Waals surface area (Å²) in [5.41, 5.74) is 8.23. The quantitative estimate of drug-likeness (QED) is 0.665. The van der Waals surface area contributed by atoms with Gasteiger partial charge in [-0.2, -0.15) is 0 Å². The summed E-state index contributed by atoms with van der Waals surface area (Å²) in [7, 11) is 0. The Hall–Kier alpha value is -1.88. The van der Waals surface area contributed by atoms with Crippen molar-refractivity contribution in [2.75, 3.05) is 0 Å². The number of aryl methyl sites for hydroxylation is 3. The molecule has 1 aromatic carbocycles. The van der Waals surface area contributed by atoms with E-state index in [-0.39, 0.29) is 5.84 Å². The molecule has 2 rings (SSSR count). The number of ether oxygens (including phenoxy) is 1. The lowest BCUT2D eigenvalue weighted by Crippen LogP contribution is -2.11. The molecule has 0 fully saturated rings. The van der Waals surface area contributed by atoms with Crippen LogP contribution in [0.15, 0.2) is 18.2 Å². The molecule has 0 aliphatic carbocycles. The molecule has 0 amide bonds. The van der Waals surface area contributed by atoms with E-state index in [0.717, 1.165) is 22.0 Å². The molecule has 2 aromatic rings. The minimum atomic E-state index is 0.0470. The molecule has 3 N–H and O–H groups in total. The normalized spacial score (nSPS) is 10.5. The third-order valence-electron chi connectivity index (χ3n) is 2.92. The highest BCUT2D eigenvalue weighted by molar-refractivity contribution is 7.11. The summed E-state index contributed by atoms with van der Waals surface area (Å²) in [5, 5.41) is 8.40. The van der Waals surface area contributed by atoms with Crippen LogP contribution in [0.25, 0.3) is 0 Å². The zero-order chi connectivity index (χ0) is 14.0. The van der Waals surface area contributed by atoms with E-state index in [1.807, 2.05) is 26.0 Å². The minimum Gasteiger partial charge on any atom is -0.486 e. The third-order valence-corrected chi connectivity index (χ3v) is 3.97. The Labute approximate surface area is 116 Å². The topological polar surface area (TPSA) is 72.0 Å². The first-order valence-electron chi connectivity index (χ1n) is 5.98. The van der Waals surface area contributed by atoms with Crippen LogP contribution in [-0.2, 0) is 6.61 Å². The highest BCUT2D eigenvalue weighted by Gasteiger charge is 2.07. The number of hydrogen-bond donors (Lipinski definition) is 2. The van der Waals surface area contributed by atoms with Gasteiger partial charge in [0.05, 0.1) is 5.69 Å². The Kier molecular flexibility index (Phi) is 3.85. The lowest BCUT2D eigenvalue weighted by atomic mass is 10.1. The lowest BCUT2D eigenvalue weighted by molar-refractivity contribution is 0.303. The fraction of sp³-hybridized carbons (Fsp3) is 0.286. The maximum atomic E-state index is 7.44. The van der Waals surface area contributed by atoms with E-state index in [1.54, 1.807) is 17.4 Å². The molecule has 0 saturated carbocycles. The average Bonchev–Trinajstić information content (AvgIpc) is 2.67. The Balaban J connectivity index is 2.14. The summed E-state index contributed by atoms with van der Waals surface area (Å²) in [4.78, 5) is 5.65. The Morgan fingerprint density at radius 1 is 1.37 bits per heavy atom. The van der Waals surface area contributed by atoms with E-state index >= 15 is 0 Å². The van der Waals surface area contributed by atoms with Crippen molar-refractivity contribution < 1.29 is 4.74 Å². The first-order valence-corrected chi connectivity index (χ1v) is 6.80. The summed E-state index contributed by atoms with van der Waals surface area (Å²) in [6.45, 7) is 6.47. The van der Waals surface area contributed by atoms with Crippen LogP contribution in [0.5, 0.6) is 5.75 Å². The Morgan fingerprint density at radius 2 is 2.11 bits per heavy atom. The van der Waals surface area contributed by atoms with Crippen LogP contribution in [0.4, 0.5) is 0 Å².